The van der Waals surface area contributed by atoms with Crippen LogP contribution in [0.25, 0.3) is 0 Å². The lowest BCUT2D eigenvalue weighted by Crippen LogP contribution is -2.42. The summed E-state index contributed by atoms with van der Waals surface area (Å²) in [6.07, 6.45) is 2.54. The zero-order valence-electron chi connectivity index (χ0n) is 11.0. The smallest absolute Gasteiger partial charge is 0.321 e. The minimum Gasteiger partial charge on any atom is -0.370 e. The fourth-order valence-electron chi connectivity index (χ4n) is 1.80. The number of allylic oxidation sites excluding steroid dienone is 1. The Hall–Kier alpha value is -1.70. The number of aliphatic imine (C=N–C) groups is 2. The molecule has 0 aromatic heterocycles. The maximum atomic E-state index is 11.9. The van der Waals surface area contributed by atoms with Crippen molar-refractivity contribution in [3.8, 4) is 0 Å². The van der Waals surface area contributed by atoms with Gasteiger partial charge in [-0.15, -0.1) is 0 Å². The number of hydrogen-bond acceptors (Lipinski definition) is 4. The summed E-state index contributed by atoms with van der Waals surface area (Å²) >= 11 is 1.45. The Kier molecular flexibility index (Phi) is 3.98. The lowest BCUT2D eigenvalue weighted by molar-refractivity contribution is 0.213. The van der Waals surface area contributed by atoms with Gasteiger partial charge in [-0.05, 0) is 13.8 Å². The summed E-state index contributed by atoms with van der Waals surface area (Å²) in [6.45, 7) is 4.48. The number of urea groups is 1. The fraction of sp³-hybridized carbons (Fsp3) is 0.545. The number of nitrogens with zero attached hydrogens (tertiary/aromatic N) is 3. The van der Waals surface area contributed by atoms with Crippen molar-refractivity contribution in [1.29, 1.82) is 0 Å². The van der Waals surface area contributed by atoms with E-state index in [-0.39, 0.29) is 23.5 Å². The molecule has 0 bridgehead atoms. The van der Waals surface area contributed by atoms with Crippen molar-refractivity contribution in [3.05, 3.63) is 11.1 Å². The van der Waals surface area contributed by atoms with Gasteiger partial charge in [-0.1, -0.05) is 11.8 Å². The van der Waals surface area contributed by atoms with Crippen LogP contribution in [0.4, 0.5) is 4.79 Å². The lowest BCUT2D eigenvalue weighted by atomic mass is 10.2. The van der Waals surface area contributed by atoms with Gasteiger partial charge in [-0.2, -0.15) is 0 Å². The van der Waals surface area contributed by atoms with Gasteiger partial charge in [0.25, 0.3) is 0 Å². The van der Waals surface area contributed by atoms with Gasteiger partial charge in [0.15, 0.2) is 11.5 Å². The first-order chi connectivity index (χ1) is 8.95. The molecule has 8 heteroatoms. The molecule has 0 saturated heterocycles. The van der Waals surface area contributed by atoms with E-state index in [4.69, 9.17) is 11.5 Å². The van der Waals surface area contributed by atoms with Gasteiger partial charge in [-0.25, -0.2) is 9.79 Å². The molecule has 0 saturated carbocycles. The van der Waals surface area contributed by atoms with Crippen molar-refractivity contribution in [2.24, 2.45) is 21.5 Å². The van der Waals surface area contributed by atoms with Crippen LogP contribution < -0.4 is 16.8 Å². The second kappa shape index (κ2) is 5.52. The normalized spacial score (nSPS) is 21.6. The van der Waals surface area contributed by atoms with Gasteiger partial charge in [-0.3, -0.25) is 9.89 Å². The molecule has 104 valence electrons. The van der Waals surface area contributed by atoms with Crippen LogP contribution in [-0.4, -0.2) is 40.7 Å². The number of fused-ring (bicyclic) bond motifs is 1. The number of rotatable bonds is 2. The molecular formula is C11H18N6OS. The number of carbonyl (C=O) groups is 1. The summed E-state index contributed by atoms with van der Waals surface area (Å²) in [5, 5.41) is 2.86. The first-order valence-electron chi connectivity index (χ1n) is 6.07. The van der Waals surface area contributed by atoms with Crippen LogP contribution in [0.3, 0.4) is 0 Å². The van der Waals surface area contributed by atoms with Crippen LogP contribution in [0, 0.1) is 0 Å². The second-order valence-corrected chi connectivity index (χ2v) is 5.71. The van der Waals surface area contributed by atoms with E-state index >= 15 is 0 Å². The van der Waals surface area contributed by atoms with Crippen LogP contribution in [0.2, 0.25) is 0 Å². The Morgan fingerprint density at radius 2 is 2.37 bits per heavy atom. The van der Waals surface area contributed by atoms with Gasteiger partial charge < -0.3 is 16.8 Å². The first-order valence-corrected chi connectivity index (χ1v) is 6.95. The molecular weight excluding hydrogens is 264 g/mol. The average Bonchev–Trinajstić information content (AvgIpc) is 2.67. The molecule has 2 heterocycles. The SMILES string of the molecule is CC(C)NC(=O)N1C=C2SC(N=C(N)N)N=C2CC1. The third-order valence-corrected chi connectivity index (χ3v) is 3.59. The van der Waals surface area contributed by atoms with Crippen molar-refractivity contribution >= 4 is 29.5 Å². The summed E-state index contributed by atoms with van der Waals surface area (Å²) in [5.74, 6) is 0.0236. The van der Waals surface area contributed by atoms with Gasteiger partial charge in [0.05, 0.1) is 5.71 Å². The van der Waals surface area contributed by atoms with Gasteiger partial charge in [0, 0.05) is 30.1 Å². The van der Waals surface area contributed by atoms with E-state index in [1.807, 2.05) is 20.0 Å². The molecule has 2 aliphatic rings. The zero-order chi connectivity index (χ0) is 14.0. The first kappa shape index (κ1) is 13.7. The highest BCUT2D eigenvalue weighted by atomic mass is 32.2. The van der Waals surface area contributed by atoms with E-state index in [2.05, 4.69) is 15.3 Å². The summed E-state index contributed by atoms with van der Waals surface area (Å²) in [4.78, 5) is 23.0. The molecule has 19 heavy (non-hydrogen) atoms. The van der Waals surface area contributed by atoms with E-state index in [0.29, 0.717) is 6.54 Å². The lowest BCUT2D eigenvalue weighted by Gasteiger charge is -2.24. The molecule has 2 rings (SSSR count). The van der Waals surface area contributed by atoms with Crippen LogP contribution >= 0.6 is 11.8 Å². The minimum atomic E-state index is -0.320. The molecule has 1 atom stereocenters. The van der Waals surface area contributed by atoms with Crippen LogP contribution in [0.1, 0.15) is 20.3 Å². The monoisotopic (exact) mass is 282 g/mol. The van der Waals surface area contributed by atoms with Gasteiger partial charge in [0.2, 0.25) is 0 Å². The minimum absolute atomic E-state index is 0.0236. The summed E-state index contributed by atoms with van der Waals surface area (Å²) in [5.41, 5.74) is 11.3. The Balaban J connectivity index is 2.06. The molecule has 0 aromatic carbocycles. The second-order valence-electron chi connectivity index (χ2n) is 4.61. The number of nitrogens with two attached hydrogens (primary N) is 2. The number of guanidine groups is 1. The molecule has 0 aromatic rings. The highest BCUT2D eigenvalue weighted by Gasteiger charge is 2.28. The Bertz CT molecular complexity index is 466. The predicted molar refractivity (Wildman–Crippen MR) is 77.7 cm³/mol. The molecule has 2 aliphatic heterocycles. The molecule has 0 radical (unpaired) electrons. The maximum absolute atomic E-state index is 11.9. The number of carbonyl (C=O) groups excluding carboxylic acids is 1. The average molecular weight is 282 g/mol. The van der Waals surface area contributed by atoms with Crippen molar-refractivity contribution in [2.45, 2.75) is 31.8 Å². The molecule has 5 N–H and O–H groups in total. The standard InChI is InChI=1S/C11H18N6OS/c1-6(2)14-11(18)17-4-3-7-8(5-17)19-10(15-7)16-9(12)13/h5-6,10H,3-4H2,1-2H3,(H,14,18)(H4,12,13,16). The molecule has 0 spiro atoms. The van der Waals surface area contributed by atoms with Gasteiger partial charge in [0.1, 0.15) is 0 Å². The summed E-state index contributed by atoms with van der Waals surface area (Å²) in [7, 11) is 0. The van der Waals surface area contributed by atoms with Gasteiger partial charge >= 0.3 is 6.03 Å². The van der Waals surface area contributed by atoms with E-state index in [0.717, 1.165) is 17.0 Å². The number of thioether (sulfide) groups is 1. The quantitative estimate of drug-likeness (QED) is 0.503. The van der Waals surface area contributed by atoms with E-state index < -0.39 is 0 Å². The van der Waals surface area contributed by atoms with E-state index in [9.17, 15) is 4.79 Å². The third kappa shape index (κ3) is 3.40. The summed E-state index contributed by atoms with van der Waals surface area (Å²) in [6, 6.07) is 0.0269. The predicted octanol–water partition coefficient (Wildman–Crippen LogP) is 0.396. The molecule has 2 amide bonds. The van der Waals surface area contributed by atoms with E-state index in [1.165, 1.54) is 11.8 Å². The Morgan fingerprint density at radius 1 is 1.63 bits per heavy atom. The van der Waals surface area contributed by atoms with Crippen LogP contribution in [0.5, 0.6) is 0 Å². The van der Waals surface area contributed by atoms with Crippen LogP contribution in [0.15, 0.2) is 21.1 Å². The number of amides is 2. The Morgan fingerprint density at radius 3 is 3.00 bits per heavy atom. The molecule has 0 aliphatic carbocycles. The van der Waals surface area contributed by atoms with E-state index in [1.54, 1.807) is 4.90 Å². The highest BCUT2D eigenvalue weighted by molar-refractivity contribution is 8.05. The number of nitrogens with one attached hydrogen (secondary N) is 1. The van der Waals surface area contributed by atoms with Crippen molar-refractivity contribution in [2.75, 3.05) is 6.54 Å². The van der Waals surface area contributed by atoms with Crippen molar-refractivity contribution in [3.63, 3.8) is 0 Å². The Labute approximate surface area is 116 Å². The zero-order valence-corrected chi connectivity index (χ0v) is 11.8. The van der Waals surface area contributed by atoms with Crippen molar-refractivity contribution in [1.82, 2.24) is 10.2 Å². The topological polar surface area (TPSA) is 109 Å². The third-order valence-electron chi connectivity index (χ3n) is 2.58. The largest absolute Gasteiger partial charge is 0.370 e. The fourth-order valence-corrected chi connectivity index (χ4v) is 2.86. The molecule has 7 nitrogen and oxygen atoms in total. The number of hydrogen-bond donors (Lipinski definition) is 3. The summed E-state index contributed by atoms with van der Waals surface area (Å²) < 4.78 is 0. The van der Waals surface area contributed by atoms with Crippen LogP contribution in [-0.2, 0) is 0 Å². The highest BCUT2D eigenvalue weighted by Crippen LogP contribution is 2.35. The maximum Gasteiger partial charge on any atom is 0.321 e. The molecule has 0 fully saturated rings. The molecule has 1 unspecified atom stereocenters. The van der Waals surface area contributed by atoms with Crippen molar-refractivity contribution < 1.29 is 4.79 Å².